The number of aryl methyl sites for hydroxylation is 1. The lowest BCUT2D eigenvalue weighted by molar-refractivity contribution is 0.104. The van der Waals surface area contributed by atoms with Crippen molar-refractivity contribution >= 4 is 27.2 Å². The number of benzene rings is 3. The predicted octanol–water partition coefficient (Wildman–Crippen LogP) is 4.74. The van der Waals surface area contributed by atoms with Crippen LogP contribution >= 0.6 is 0 Å². The maximum Gasteiger partial charge on any atom is 0.261 e. The maximum absolute atomic E-state index is 12.9. The predicted molar refractivity (Wildman–Crippen MR) is 112 cm³/mol. The molecule has 0 aliphatic heterocycles. The normalized spacial score (nSPS) is 11.4. The van der Waals surface area contributed by atoms with E-state index in [0.717, 1.165) is 5.56 Å². The van der Waals surface area contributed by atoms with Crippen LogP contribution in [0.2, 0.25) is 0 Å². The number of allylic oxidation sites excluding steroid dienone is 1. The quantitative estimate of drug-likeness (QED) is 0.436. The molecule has 0 amide bonds. The zero-order valence-corrected chi connectivity index (χ0v) is 16.4. The highest BCUT2D eigenvalue weighted by Crippen LogP contribution is 2.24. The fraction of sp³-hybridized carbons (Fsp3) is 0.0455. The summed E-state index contributed by atoms with van der Waals surface area (Å²) in [7, 11) is -3.76. The third kappa shape index (κ3) is 5.30. The summed E-state index contributed by atoms with van der Waals surface area (Å²) in [6, 6.07) is 18.5. The minimum Gasteiger partial charge on any atom is -0.360 e. The average Bonchev–Trinajstić information content (AvgIpc) is 2.70. The average molecular weight is 410 g/mol. The van der Waals surface area contributed by atoms with Crippen molar-refractivity contribution in [3.63, 3.8) is 0 Å². The summed E-state index contributed by atoms with van der Waals surface area (Å²) in [5, 5.41) is 2.91. The van der Waals surface area contributed by atoms with Crippen LogP contribution in [0.15, 0.2) is 90.0 Å². The molecular weight excluding hydrogens is 391 g/mol. The Kier molecular flexibility index (Phi) is 6.09. The topological polar surface area (TPSA) is 75.3 Å². The molecule has 2 N–H and O–H groups in total. The van der Waals surface area contributed by atoms with Crippen LogP contribution in [0.1, 0.15) is 15.9 Å². The van der Waals surface area contributed by atoms with Crippen LogP contribution in [-0.2, 0) is 10.0 Å². The lowest BCUT2D eigenvalue weighted by Crippen LogP contribution is -2.14. The first kappa shape index (κ1) is 20.3. The summed E-state index contributed by atoms with van der Waals surface area (Å²) in [5.74, 6) is -0.728. The summed E-state index contributed by atoms with van der Waals surface area (Å²) in [5.41, 5.74) is 2.12. The van der Waals surface area contributed by atoms with Crippen LogP contribution in [0.4, 0.5) is 15.8 Å². The van der Waals surface area contributed by atoms with E-state index in [0.29, 0.717) is 16.9 Å². The van der Waals surface area contributed by atoms with Crippen molar-refractivity contribution in [1.29, 1.82) is 0 Å². The minimum atomic E-state index is -3.76. The maximum atomic E-state index is 12.9. The lowest BCUT2D eigenvalue weighted by atomic mass is 10.1. The molecule has 0 saturated heterocycles. The fourth-order valence-electron chi connectivity index (χ4n) is 2.54. The number of ketones is 1. The Bertz CT molecular complexity index is 1140. The molecule has 0 atom stereocenters. The zero-order chi connectivity index (χ0) is 20.9. The first-order valence-electron chi connectivity index (χ1n) is 8.77. The van der Waals surface area contributed by atoms with Gasteiger partial charge in [-0.15, -0.1) is 0 Å². The standard InChI is InChI=1S/C22H19FN2O3S/c1-16-6-12-19(13-7-16)29(27,28)25-21-5-3-2-4-20(21)24-15-14-22(26)17-8-10-18(23)11-9-17/h2-15,24-25H,1H3. The fourth-order valence-corrected chi connectivity index (χ4v) is 3.62. The summed E-state index contributed by atoms with van der Waals surface area (Å²) in [6.45, 7) is 1.88. The molecule has 29 heavy (non-hydrogen) atoms. The third-order valence-corrected chi connectivity index (χ3v) is 5.49. The Morgan fingerprint density at radius 3 is 2.17 bits per heavy atom. The lowest BCUT2D eigenvalue weighted by Gasteiger charge is -2.12. The van der Waals surface area contributed by atoms with E-state index in [4.69, 9.17) is 0 Å². The van der Waals surface area contributed by atoms with Gasteiger partial charge in [0.1, 0.15) is 5.82 Å². The number of halogens is 1. The van der Waals surface area contributed by atoms with Gasteiger partial charge in [0, 0.05) is 17.8 Å². The summed E-state index contributed by atoms with van der Waals surface area (Å²) >= 11 is 0. The molecular formula is C22H19FN2O3S. The Labute approximate surface area is 169 Å². The third-order valence-electron chi connectivity index (χ3n) is 4.10. The monoisotopic (exact) mass is 410 g/mol. The molecule has 3 aromatic carbocycles. The van der Waals surface area contributed by atoms with Gasteiger partial charge in [0.2, 0.25) is 0 Å². The molecule has 0 saturated carbocycles. The van der Waals surface area contributed by atoms with Gasteiger partial charge in [-0.2, -0.15) is 0 Å². The van der Waals surface area contributed by atoms with Crippen LogP contribution in [0.5, 0.6) is 0 Å². The van der Waals surface area contributed by atoms with Crippen molar-refractivity contribution in [2.45, 2.75) is 11.8 Å². The van der Waals surface area contributed by atoms with Gasteiger partial charge in [0.25, 0.3) is 10.0 Å². The second-order valence-electron chi connectivity index (χ2n) is 6.31. The molecule has 148 valence electrons. The molecule has 0 aliphatic rings. The molecule has 0 unspecified atom stereocenters. The van der Waals surface area contributed by atoms with Crippen molar-refractivity contribution in [2.24, 2.45) is 0 Å². The van der Waals surface area contributed by atoms with Crippen molar-refractivity contribution < 1.29 is 17.6 Å². The van der Waals surface area contributed by atoms with Crippen molar-refractivity contribution in [1.82, 2.24) is 0 Å². The molecule has 0 radical (unpaired) electrons. The van der Waals surface area contributed by atoms with E-state index in [9.17, 15) is 17.6 Å². The van der Waals surface area contributed by atoms with Gasteiger partial charge in [-0.25, -0.2) is 12.8 Å². The summed E-state index contributed by atoms with van der Waals surface area (Å²) in [4.78, 5) is 12.3. The number of rotatable bonds is 7. The summed E-state index contributed by atoms with van der Waals surface area (Å²) in [6.07, 6.45) is 2.70. The second-order valence-corrected chi connectivity index (χ2v) is 8.00. The molecule has 0 spiro atoms. The number of anilines is 2. The van der Waals surface area contributed by atoms with Crippen LogP contribution in [0.3, 0.4) is 0 Å². The van der Waals surface area contributed by atoms with Crippen molar-refractivity contribution in [2.75, 3.05) is 10.0 Å². The molecule has 3 aromatic rings. The van der Waals surface area contributed by atoms with Crippen LogP contribution < -0.4 is 10.0 Å². The van der Waals surface area contributed by atoms with E-state index in [2.05, 4.69) is 10.0 Å². The van der Waals surface area contributed by atoms with Gasteiger partial charge in [-0.1, -0.05) is 29.8 Å². The van der Waals surface area contributed by atoms with Crippen LogP contribution in [0, 0.1) is 12.7 Å². The number of carbonyl (C=O) groups excluding carboxylic acids is 1. The number of carbonyl (C=O) groups is 1. The minimum absolute atomic E-state index is 0.153. The van der Waals surface area contributed by atoms with E-state index in [1.54, 1.807) is 36.4 Å². The highest BCUT2D eigenvalue weighted by molar-refractivity contribution is 7.92. The molecule has 7 heteroatoms. The van der Waals surface area contributed by atoms with E-state index in [1.807, 2.05) is 6.92 Å². The Morgan fingerprint density at radius 2 is 1.52 bits per heavy atom. The molecule has 0 aliphatic carbocycles. The molecule has 0 heterocycles. The Hall–Kier alpha value is -3.45. The molecule has 3 rings (SSSR count). The molecule has 0 aromatic heterocycles. The number of nitrogens with one attached hydrogen (secondary N) is 2. The van der Waals surface area contributed by atoms with E-state index in [-0.39, 0.29) is 10.7 Å². The number of hydrogen-bond acceptors (Lipinski definition) is 4. The van der Waals surface area contributed by atoms with Crippen LogP contribution in [-0.4, -0.2) is 14.2 Å². The second kappa shape index (κ2) is 8.70. The summed E-state index contributed by atoms with van der Waals surface area (Å²) < 4.78 is 40.7. The van der Waals surface area contributed by atoms with Gasteiger partial charge in [0.05, 0.1) is 16.3 Å². The smallest absolute Gasteiger partial charge is 0.261 e. The van der Waals surface area contributed by atoms with Crippen molar-refractivity contribution in [3.05, 3.63) is 102 Å². The molecule has 5 nitrogen and oxygen atoms in total. The number of hydrogen-bond donors (Lipinski definition) is 2. The Balaban J connectivity index is 1.74. The van der Waals surface area contributed by atoms with E-state index >= 15 is 0 Å². The van der Waals surface area contributed by atoms with Gasteiger partial charge < -0.3 is 5.32 Å². The highest BCUT2D eigenvalue weighted by Gasteiger charge is 2.15. The molecule has 0 fully saturated rings. The first-order chi connectivity index (χ1) is 13.8. The van der Waals surface area contributed by atoms with Crippen LogP contribution in [0.25, 0.3) is 0 Å². The van der Waals surface area contributed by atoms with Gasteiger partial charge in [-0.3, -0.25) is 9.52 Å². The number of sulfonamides is 1. The Morgan fingerprint density at radius 1 is 0.897 bits per heavy atom. The molecule has 0 bridgehead atoms. The van der Waals surface area contributed by atoms with Crippen molar-refractivity contribution in [3.8, 4) is 0 Å². The largest absolute Gasteiger partial charge is 0.360 e. The first-order valence-corrected chi connectivity index (χ1v) is 10.2. The van der Waals surface area contributed by atoms with Gasteiger partial charge in [0.15, 0.2) is 5.78 Å². The highest BCUT2D eigenvalue weighted by atomic mass is 32.2. The van der Waals surface area contributed by atoms with E-state index < -0.39 is 15.8 Å². The number of para-hydroxylation sites is 2. The van der Waals surface area contributed by atoms with Gasteiger partial charge in [-0.05, 0) is 55.5 Å². The SMILES string of the molecule is Cc1ccc(S(=O)(=O)Nc2ccccc2NC=CC(=O)c2ccc(F)cc2)cc1. The zero-order valence-electron chi connectivity index (χ0n) is 15.6. The van der Waals surface area contributed by atoms with E-state index in [1.165, 1.54) is 48.7 Å². The van der Waals surface area contributed by atoms with Gasteiger partial charge >= 0.3 is 0 Å².